The first-order chi connectivity index (χ1) is 8.20. The average molecular weight is 365 g/mol. The molecule has 5 heteroatoms. The van der Waals surface area contributed by atoms with Crippen LogP contribution in [-0.4, -0.2) is 11.7 Å². The third-order valence-corrected chi connectivity index (χ3v) is 3.01. The van der Waals surface area contributed by atoms with Gasteiger partial charge in [-0.05, 0) is 56.4 Å². The molecular formula is C13H17FINO2. The third-order valence-electron chi connectivity index (χ3n) is 2.18. The van der Waals surface area contributed by atoms with Crippen LogP contribution in [0.25, 0.3) is 0 Å². The highest BCUT2D eigenvalue weighted by atomic mass is 127. The Hall–Kier alpha value is -0.850. The van der Waals surface area contributed by atoms with E-state index in [2.05, 4.69) is 5.32 Å². The van der Waals surface area contributed by atoms with Gasteiger partial charge in [-0.1, -0.05) is 12.1 Å². The summed E-state index contributed by atoms with van der Waals surface area (Å²) in [5.74, 6) is -0.304. The Balaban J connectivity index is 2.74. The van der Waals surface area contributed by atoms with Gasteiger partial charge >= 0.3 is 6.09 Å². The average Bonchev–Trinajstić information content (AvgIpc) is 2.18. The van der Waals surface area contributed by atoms with Crippen LogP contribution in [0.1, 0.15) is 39.3 Å². The molecule has 0 saturated carbocycles. The van der Waals surface area contributed by atoms with E-state index in [1.54, 1.807) is 45.9 Å². The van der Waals surface area contributed by atoms with Crippen molar-refractivity contribution in [2.24, 2.45) is 0 Å². The van der Waals surface area contributed by atoms with Crippen LogP contribution in [0.2, 0.25) is 0 Å². The van der Waals surface area contributed by atoms with Gasteiger partial charge < -0.3 is 10.1 Å². The number of hydrogen-bond acceptors (Lipinski definition) is 2. The molecule has 0 saturated heterocycles. The molecule has 0 spiro atoms. The first kappa shape index (κ1) is 15.2. The van der Waals surface area contributed by atoms with Gasteiger partial charge in [-0.3, -0.25) is 0 Å². The maximum absolute atomic E-state index is 13.8. The summed E-state index contributed by atoms with van der Waals surface area (Å²) in [5, 5.41) is 2.62. The lowest BCUT2D eigenvalue weighted by molar-refractivity contribution is 0.0507. The van der Waals surface area contributed by atoms with Crippen molar-refractivity contribution in [3.05, 3.63) is 33.1 Å². The van der Waals surface area contributed by atoms with Gasteiger partial charge in [0.15, 0.2) is 0 Å². The van der Waals surface area contributed by atoms with E-state index < -0.39 is 17.7 Å². The van der Waals surface area contributed by atoms with Gasteiger partial charge in [-0.2, -0.15) is 0 Å². The molecule has 100 valence electrons. The Morgan fingerprint density at radius 1 is 1.44 bits per heavy atom. The summed E-state index contributed by atoms with van der Waals surface area (Å²) in [6.45, 7) is 7.06. The Kier molecular flexibility index (Phi) is 4.95. The van der Waals surface area contributed by atoms with Gasteiger partial charge in [-0.25, -0.2) is 9.18 Å². The van der Waals surface area contributed by atoms with E-state index in [1.807, 2.05) is 22.6 Å². The number of ether oxygens (including phenoxy) is 1. The lowest BCUT2D eigenvalue weighted by Gasteiger charge is -2.22. The third kappa shape index (κ3) is 4.44. The highest BCUT2D eigenvalue weighted by Gasteiger charge is 2.20. The van der Waals surface area contributed by atoms with Crippen molar-refractivity contribution < 1.29 is 13.9 Å². The van der Waals surface area contributed by atoms with E-state index >= 15 is 0 Å². The minimum absolute atomic E-state index is 0.304. The normalized spacial score (nSPS) is 13.0. The zero-order valence-electron chi connectivity index (χ0n) is 10.9. The zero-order valence-corrected chi connectivity index (χ0v) is 13.0. The van der Waals surface area contributed by atoms with E-state index in [-0.39, 0.29) is 5.82 Å². The molecule has 1 aromatic rings. The zero-order chi connectivity index (χ0) is 13.9. The smallest absolute Gasteiger partial charge is 0.408 e. The summed E-state index contributed by atoms with van der Waals surface area (Å²) >= 11 is 1.92. The molecule has 0 bridgehead atoms. The van der Waals surface area contributed by atoms with Gasteiger partial charge in [0.05, 0.1) is 6.04 Å². The van der Waals surface area contributed by atoms with Crippen molar-refractivity contribution >= 4 is 28.7 Å². The number of nitrogens with one attached hydrogen (secondary N) is 1. The van der Waals surface area contributed by atoms with Crippen molar-refractivity contribution in [1.29, 1.82) is 0 Å². The van der Waals surface area contributed by atoms with E-state index in [0.29, 0.717) is 9.13 Å². The fraction of sp³-hybridized carbons (Fsp3) is 0.462. The van der Waals surface area contributed by atoms with Crippen LogP contribution in [0.4, 0.5) is 9.18 Å². The van der Waals surface area contributed by atoms with Gasteiger partial charge in [0.2, 0.25) is 0 Å². The number of halogens is 2. The predicted octanol–water partition coefficient (Wildman–Crippen LogP) is 4.02. The topological polar surface area (TPSA) is 38.3 Å². The molecule has 1 atom stereocenters. The minimum atomic E-state index is -0.562. The van der Waals surface area contributed by atoms with Crippen LogP contribution < -0.4 is 5.32 Å². The van der Waals surface area contributed by atoms with Crippen LogP contribution in [0.5, 0.6) is 0 Å². The van der Waals surface area contributed by atoms with E-state index in [1.165, 1.54) is 0 Å². The second kappa shape index (κ2) is 5.86. The molecule has 1 unspecified atom stereocenters. The summed E-state index contributed by atoms with van der Waals surface area (Å²) in [5.41, 5.74) is -0.110. The molecule has 1 N–H and O–H groups in total. The molecule has 1 amide bonds. The standard InChI is InChI=1S/C13H17FINO2/c1-8(16-12(17)18-13(2,3)4)9-6-5-7-10(15)11(9)14/h5-8H,1-4H3,(H,16,17). The Morgan fingerprint density at radius 3 is 2.61 bits per heavy atom. The monoisotopic (exact) mass is 365 g/mol. The Labute approximate surface area is 120 Å². The molecule has 0 radical (unpaired) electrons. The highest BCUT2D eigenvalue weighted by molar-refractivity contribution is 14.1. The summed E-state index contributed by atoms with van der Waals surface area (Å²) in [6, 6.07) is 4.65. The number of carbonyl (C=O) groups is 1. The van der Waals surface area contributed by atoms with Gasteiger partial charge in [-0.15, -0.1) is 0 Å². The predicted molar refractivity (Wildman–Crippen MR) is 76.9 cm³/mol. The molecule has 1 rings (SSSR count). The first-order valence-electron chi connectivity index (χ1n) is 5.64. The molecule has 3 nitrogen and oxygen atoms in total. The minimum Gasteiger partial charge on any atom is -0.444 e. The van der Waals surface area contributed by atoms with Crippen LogP contribution >= 0.6 is 22.6 Å². The van der Waals surface area contributed by atoms with Crippen molar-refractivity contribution in [1.82, 2.24) is 5.32 Å². The Bertz CT molecular complexity index is 443. The molecular weight excluding hydrogens is 348 g/mol. The van der Waals surface area contributed by atoms with E-state index in [0.717, 1.165) is 0 Å². The molecule has 18 heavy (non-hydrogen) atoms. The fourth-order valence-corrected chi connectivity index (χ4v) is 1.94. The molecule has 1 aromatic carbocycles. The van der Waals surface area contributed by atoms with Crippen molar-refractivity contribution in [2.75, 3.05) is 0 Å². The SMILES string of the molecule is CC(NC(=O)OC(C)(C)C)c1cccc(I)c1F. The van der Waals surface area contributed by atoms with Gasteiger partial charge in [0.1, 0.15) is 11.4 Å². The second-order valence-electron chi connectivity index (χ2n) is 5.01. The van der Waals surface area contributed by atoms with Crippen molar-refractivity contribution in [3.63, 3.8) is 0 Å². The second-order valence-corrected chi connectivity index (χ2v) is 6.17. The maximum Gasteiger partial charge on any atom is 0.408 e. The van der Waals surface area contributed by atoms with E-state index in [9.17, 15) is 9.18 Å². The summed E-state index contributed by atoms with van der Waals surface area (Å²) in [6.07, 6.45) is -0.548. The number of rotatable bonds is 2. The largest absolute Gasteiger partial charge is 0.444 e. The first-order valence-corrected chi connectivity index (χ1v) is 6.72. The number of hydrogen-bond donors (Lipinski definition) is 1. The van der Waals surface area contributed by atoms with Crippen molar-refractivity contribution in [3.8, 4) is 0 Å². The fourth-order valence-electron chi connectivity index (χ4n) is 1.42. The van der Waals surface area contributed by atoms with Gasteiger partial charge in [0.25, 0.3) is 0 Å². The summed E-state index contributed by atoms with van der Waals surface area (Å²) in [7, 11) is 0. The quantitative estimate of drug-likeness (QED) is 0.805. The lowest BCUT2D eigenvalue weighted by Crippen LogP contribution is -2.34. The number of benzene rings is 1. The Morgan fingerprint density at radius 2 is 2.06 bits per heavy atom. The van der Waals surface area contributed by atoms with Gasteiger partial charge in [0, 0.05) is 9.13 Å². The summed E-state index contributed by atoms with van der Waals surface area (Å²) in [4.78, 5) is 11.6. The summed E-state index contributed by atoms with van der Waals surface area (Å²) < 4.78 is 19.5. The number of alkyl carbamates (subject to hydrolysis) is 1. The van der Waals surface area contributed by atoms with E-state index in [4.69, 9.17) is 4.74 Å². The number of amides is 1. The van der Waals surface area contributed by atoms with Crippen LogP contribution in [0.15, 0.2) is 18.2 Å². The van der Waals surface area contributed by atoms with Crippen molar-refractivity contribution in [2.45, 2.75) is 39.3 Å². The molecule has 0 aliphatic heterocycles. The van der Waals surface area contributed by atoms with Crippen LogP contribution in [0, 0.1) is 9.39 Å². The maximum atomic E-state index is 13.8. The number of carbonyl (C=O) groups excluding carboxylic acids is 1. The molecule has 0 aliphatic rings. The molecule has 0 aliphatic carbocycles. The molecule has 0 aromatic heterocycles. The molecule has 0 heterocycles. The highest BCUT2D eigenvalue weighted by Crippen LogP contribution is 2.21. The van der Waals surface area contributed by atoms with Crippen LogP contribution in [0.3, 0.4) is 0 Å². The molecule has 0 fully saturated rings. The van der Waals surface area contributed by atoms with Crippen LogP contribution in [-0.2, 0) is 4.74 Å². The lowest BCUT2D eigenvalue weighted by atomic mass is 10.1.